The predicted molar refractivity (Wildman–Crippen MR) is 87.8 cm³/mol. The third-order valence-electron chi connectivity index (χ3n) is 3.38. The van der Waals surface area contributed by atoms with Gasteiger partial charge in [0.05, 0.1) is 11.0 Å². The first-order valence-electron chi connectivity index (χ1n) is 7.09. The maximum atomic E-state index is 12.3. The standard InChI is InChI=1S/C17H19N3O/c1-17(2,3)10-19-14-9-13(21)12-7-6-11-5-4-8-18-15(11)16(12)20-14/h4-9H,10H2,1-3H3,(H2,19,20,21). The van der Waals surface area contributed by atoms with E-state index in [2.05, 4.69) is 36.1 Å². The largest absolute Gasteiger partial charge is 0.371 e. The van der Waals surface area contributed by atoms with Crippen LogP contribution in [-0.2, 0) is 0 Å². The van der Waals surface area contributed by atoms with Crippen LogP contribution < -0.4 is 10.7 Å². The number of hydrogen-bond acceptors (Lipinski definition) is 3. The van der Waals surface area contributed by atoms with Crippen LogP contribution in [0.4, 0.5) is 5.82 Å². The molecule has 0 fully saturated rings. The van der Waals surface area contributed by atoms with Gasteiger partial charge in [-0.15, -0.1) is 0 Å². The van der Waals surface area contributed by atoms with E-state index >= 15 is 0 Å². The van der Waals surface area contributed by atoms with Crippen LogP contribution in [0.3, 0.4) is 0 Å². The maximum Gasteiger partial charge on any atom is 0.191 e. The molecule has 2 heterocycles. The lowest BCUT2D eigenvalue weighted by Gasteiger charge is -2.19. The van der Waals surface area contributed by atoms with Gasteiger partial charge in [-0.1, -0.05) is 32.9 Å². The van der Waals surface area contributed by atoms with E-state index in [0.29, 0.717) is 5.39 Å². The Balaban J connectivity index is 2.17. The Labute approximate surface area is 123 Å². The van der Waals surface area contributed by atoms with Gasteiger partial charge in [-0.25, -0.2) is 0 Å². The number of rotatable bonds is 2. The second-order valence-electron chi connectivity index (χ2n) is 6.52. The summed E-state index contributed by atoms with van der Waals surface area (Å²) >= 11 is 0. The number of anilines is 1. The Morgan fingerprint density at radius 2 is 2.05 bits per heavy atom. The second-order valence-corrected chi connectivity index (χ2v) is 6.52. The van der Waals surface area contributed by atoms with Gasteiger partial charge >= 0.3 is 0 Å². The van der Waals surface area contributed by atoms with E-state index in [1.54, 1.807) is 12.3 Å². The molecule has 4 nitrogen and oxygen atoms in total. The zero-order valence-corrected chi connectivity index (χ0v) is 12.5. The molecule has 0 radical (unpaired) electrons. The number of hydrogen-bond donors (Lipinski definition) is 2. The van der Waals surface area contributed by atoms with E-state index in [-0.39, 0.29) is 10.8 Å². The van der Waals surface area contributed by atoms with Gasteiger partial charge in [-0.2, -0.15) is 0 Å². The Kier molecular flexibility index (Phi) is 3.16. The molecule has 108 valence electrons. The molecule has 0 aliphatic rings. The third-order valence-corrected chi connectivity index (χ3v) is 3.38. The molecule has 21 heavy (non-hydrogen) atoms. The molecular weight excluding hydrogens is 262 g/mol. The van der Waals surface area contributed by atoms with Crippen LogP contribution in [0.2, 0.25) is 0 Å². The average Bonchev–Trinajstić information content (AvgIpc) is 2.44. The third kappa shape index (κ3) is 2.75. The van der Waals surface area contributed by atoms with Crippen molar-refractivity contribution < 1.29 is 0 Å². The van der Waals surface area contributed by atoms with Crippen molar-refractivity contribution >= 4 is 27.6 Å². The van der Waals surface area contributed by atoms with Gasteiger partial charge in [-0.3, -0.25) is 9.78 Å². The van der Waals surface area contributed by atoms with Gasteiger partial charge in [0.2, 0.25) is 0 Å². The first-order chi connectivity index (χ1) is 9.94. The van der Waals surface area contributed by atoms with Crippen LogP contribution in [-0.4, -0.2) is 16.5 Å². The van der Waals surface area contributed by atoms with Crippen LogP contribution in [0.1, 0.15) is 20.8 Å². The van der Waals surface area contributed by atoms with Crippen LogP contribution in [0.25, 0.3) is 21.8 Å². The molecule has 3 rings (SSSR count). The van der Waals surface area contributed by atoms with Gasteiger partial charge in [0.15, 0.2) is 5.43 Å². The summed E-state index contributed by atoms with van der Waals surface area (Å²) in [4.78, 5) is 20.0. The van der Waals surface area contributed by atoms with E-state index in [1.807, 2.05) is 24.3 Å². The molecule has 2 aromatic heterocycles. The molecule has 2 N–H and O–H groups in total. The van der Waals surface area contributed by atoms with Crippen molar-refractivity contribution in [3.63, 3.8) is 0 Å². The molecule has 0 unspecified atom stereocenters. The lowest BCUT2D eigenvalue weighted by molar-refractivity contribution is 0.442. The second kappa shape index (κ2) is 4.88. The molecular formula is C17H19N3O. The van der Waals surface area contributed by atoms with E-state index in [1.165, 1.54) is 0 Å². The van der Waals surface area contributed by atoms with Gasteiger partial charge in [-0.05, 0) is 17.5 Å². The molecule has 0 aliphatic heterocycles. The maximum absolute atomic E-state index is 12.3. The number of aromatic nitrogens is 2. The molecule has 1 aromatic carbocycles. The number of nitrogens with zero attached hydrogens (tertiary/aromatic N) is 1. The van der Waals surface area contributed by atoms with Gasteiger partial charge in [0.25, 0.3) is 0 Å². The molecule has 0 atom stereocenters. The minimum absolute atomic E-state index is 0.00714. The molecule has 0 amide bonds. The van der Waals surface area contributed by atoms with E-state index in [4.69, 9.17) is 0 Å². The summed E-state index contributed by atoms with van der Waals surface area (Å²) in [5, 5.41) is 4.99. The van der Waals surface area contributed by atoms with Crippen molar-refractivity contribution in [1.82, 2.24) is 9.97 Å². The summed E-state index contributed by atoms with van der Waals surface area (Å²) in [5.74, 6) is 0.737. The first kappa shape index (κ1) is 13.6. The van der Waals surface area contributed by atoms with Crippen LogP contribution >= 0.6 is 0 Å². The van der Waals surface area contributed by atoms with Gasteiger partial charge in [0, 0.05) is 29.6 Å². The molecule has 0 saturated heterocycles. The molecule has 4 heteroatoms. The molecule has 0 aliphatic carbocycles. The number of H-pyrrole nitrogens is 1. The highest BCUT2D eigenvalue weighted by atomic mass is 16.1. The van der Waals surface area contributed by atoms with Crippen molar-refractivity contribution in [3.8, 4) is 0 Å². The number of benzene rings is 1. The van der Waals surface area contributed by atoms with Crippen molar-refractivity contribution in [1.29, 1.82) is 0 Å². The highest BCUT2D eigenvalue weighted by Crippen LogP contribution is 2.21. The van der Waals surface area contributed by atoms with Crippen LogP contribution in [0.5, 0.6) is 0 Å². The van der Waals surface area contributed by atoms with Crippen LogP contribution in [0, 0.1) is 5.41 Å². The lowest BCUT2D eigenvalue weighted by atomic mass is 9.97. The predicted octanol–water partition coefficient (Wildman–Crippen LogP) is 3.53. The Morgan fingerprint density at radius 3 is 2.81 bits per heavy atom. The topological polar surface area (TPSA) is 57.8 Å². The fourth-order valence-electron chi connectivity index (χ4n) is 2.31. The monoisotopic (exact) mass is 281 g/mol. The normalized spacial score (nSPS) is 12.0. The van der Waals surface area contributed by atoms with E-state index in [9.17, 15) is 4.79 Å². The highest BCUT2D eigenvalue weighted by Gasteiger charge is 2.11. The SMILES string of the molecule is CC(C)(C)CNc1cc(=O)c2ccc3cccnc3c2[nH]1. The highest BCUT2D eigenvalue weighted by molar-refractivity contribution is 6.02. The lowest BCUT2D eigenvalue weighted by Crippen LogP contribution is -2.20. The summed E-state index contributed by atoms with van der Waals surface area (Å²) in [6, 6.07) is 9.29. The van der Waals surface area contributed by atoms with Crippen molar-refractivity contribution in [2.24, 2.45) is 5.41 Å². The zero-order valence-electron chi connectivity index (χ0n) is 12.5. The van der Waals surface area contributed by atoms with Crippen LogP contribution in [0.15, 0.2) is 41.3 Å². The zero-order chi connectivity index (χ0) is 15.0. The quantitative estimate of drug-likeness (QED) is 0.706. The fraction of sp³-hybridized carbons (Fsp3) is 0.294. The van der Waals surface area contributed by atoms with Crippen molar-refractivity contribution in [2.45, 2.75) is 20.8 Å². The van der Waals surface area contributed by atoms with Crippen molar-refractivity contribution in [3.05, 3.63) is 46.8 Å². The smallest absolute Gasteiger partial charge is 0.191 e. The first-order valence-corrected chi connectivity index (χ1v) is 7.09. The summed E-state index contributed by atoms with van der Waals surface area (Å²) in [6.45, 7) is 7.23. The number of fused-ring (bicyclic) bond motifs is 3. The molecule has 0 bridgehead atoms. The number of pyridine rings is 2. The molecule has 0 spiro atoms. The minimum atomic E-state index is 0.00714. The number of aromatic amines is 1. The van der Waals surface area contributed by atoms with Gasteiger partial charge in [0.1, 0.15) is 5.82 Å². The Morgan fingerprint density at radius 1 is 1.24 bits per heavy atom. The summed E-state index contributed by atoms with van der Waals surface area (Å²) < 4.78 is 0. The average molecular weight is 281 g/mol. The molecule has 0 saturated carbocycles. The van der Waals surface area contributed by atoms with E-state index in [0.717, 1.165) is 28.8 Å². The minimum Gasteiger partial charge on any atom is -0.371 e. The fourth-order valence-corrected chi connectivity index (χ4v) is 2.31. The Hall–Kier alpha value is -2.36. The summed E-state index contributed by atoms with van der Waals surface area (Å²) in [7, 11) is 0. The number of nitrogens with one attached hydrogen (secondary N) is 2. The van der Waals surface area contributed by atoms with Gasteiger partial charge < -0.3 is 10.3 Å². The van der Waals surface area contributed by atoms with Crippen molar-refractivity contribution in [2.75, 3.05) is 11.9 Å². The van der Waals surface area contributed by atoms with E-state index < -0.39 is 0 Å². The molecule has 3 aromatic rings. The summed E-state index contributed by atoms with van der Waals surface area (Å²) in [6.07, 6.45) is 1.75. The summed E-state index contributed by atoms with van der Waals surface area (Å²) in [5.41, 5.74) is 1.76. The Bertz CT molecular complexity index is 859.